The minimum atomic E-state index is -0.771. The lowest BCUT2D eigenvalue weighted by Gasteiger charge is -2.39. The SMILES string of the molecule is COC(=O)/C=C/[C@]1(C)O[C@H]1C[C@H]1O[C@H](CCCOCc2ccccc2)C[C@H](OCc2ccccc2)[C@@H]1O. The van der Waals surface area contributed by atoms with Crippen LogP contribution in [0.3, 0.4) is 0 Å². The minimum absolute atomic E-state index is 0.0508. The zero-order valence-electron chi connectivity index (χ0n) is 21.7. The number of methoxy groups -OCH3 is 1. The molecule has 0 spiro atoms. The molecule has 0 aliphatic carbocycles. The summed E-state index contributed by atoms with van der Waals surface area (Å²) in [5.74, 6) is -0.423. The summed E-state index contributed by atoms with van der Waals surface area (Å²) in [6.45, 7) is 3.58. The lowest BCUT2D eigenvalue weighted by molar-refractivity contribution is -0.191. The molecule has 7 nitrogen and oxygen atoms in total. The summed E-state index contributed by atoms with van der Waals surface area (Å²) in [5.41, 5.74) is 1.65. The van der Waals surface area contributed by atoms with Crippen molar-refractivity contribution >= 4 is 5.97 Å². The van der Waals surface area contributed by atoms with Crippen molar-refractivity contribution in [2.75, 3.05) is 13.7 Å². The molecule has 0 saturated carbocycles. The third kappa shape index (κ3) is 8.22. The van der Waals surface area contributed by atoms with Crippen LogP contribution in [0, 0.1) is 0 Å². The fourth-order valence-corrected chi connectivity index (χ4v) is 4.74. The number of hydrogen-bond acceptors (Lipinski definition) is 7. The molecule has 2 fully saturated rings. The zero-order valence-corrected chi connectivity index (χ0v) is 21.7. The molecule has 7 heteroatoms. The van der Waals surface area contributed by atoms with Crippen molar-refractivity contribution < 1.29 is 33.6 Å². The first-order valence-corrected chi connectivity index (χ1v) is 13.0. The van der Waals surface area contributed by atoms with E-state index < -0.39 is 23.8 Å². The number of hydrogen-bond donors (Lipinski definition) is 1. The van der Waals surface area contributed by atoms with Gasteiger partial charge in [0, 0.05) is 25.5 Å². The Balaban J connectivity index is 1.31. The van der Waals surface area contributed by atoms with E-state index in [1.165, 1.54) is 13.2 Å². The average molecular weight is 511 g/mol. The van der Waals surface area contributed by atoms with Crippen molar-refractivity contribution in [3.05, 3.63) is 83.9 Å². The van der Waals surface area contributed by atoms with Crippen molar-refractivity contribution in [3.8, 4) is 0 Å². The number of esters is 1. The molecule has 2 aromatic carbocycles. The van der Waals surface area contributed by atoms with Gasteiger partial charge in [0.1, 0.15) is 11.7 Å². The number of rotatable bonds is 13. The first-order valence-electron chi connectivity index (χ1n) is 13.0. The summed E-state index contributed by atoms with van der Waals surface area (Å²) in [7, 11) is 1.34. The summed E-state index contributed by atoms with van der Waals surface area (Å²) in [5, 5.41) is 11.1. The van der Waals surface area contributed by atoms with Gasteiger partial charge in [-0.15, -0.1) is 0 Å². The van der Waals surface area contributed by atoms with E-state index in [1.54, 1.807) is 6.08 Å². The summed E-state index contributed by atoms with van der Waals surface area (Å²) >= 11 is 0. The Kier molecular flexibility index (Phi) is 9.88. The maximum atomic E-state index is 11.5. The van der Waals surface area contributed by atoms with Gasteiger partial charge in [0.25, 0.3) is 0 Å². The average Bonchev–Trinajstić information content (AvgIpc) is 3.57. The molecule has 2 saturated heterocycles. The quantitative estimate of drug-likeness (QED) is 0.185. The third-order valence-electron chi connectivity index (χ3n) is 7.03. The number of epoxide rings is 1. The molecule has 2 aliphatic rings. The molecule has 0 radical (unpaired) electrons. The van der Waals surface area contributed by atoms with Gasteiger partial charge in [0.15, 0.2) is 0 Å². The topological polar surface area (TPSA) is 86.8 Å². The van der Waals surface area contributed by atoms with E-state index in [4.69, 9.17) is 18.9 Å². The van der Waals surface area contributed by atoms with E-state index >= 15 is 0 Å². The number of aliphatic hydroxyl groups excluding tert-OH is 1. The highest BCUT2D eigenvalue weighted by atomic mass is 16.6. The van der Waals surface area contributed by atoms with Crippen LogP contribution >= 0.6 is 0 Å². The van der Waals surface area contributed by atoms with Crippen LogP contribution in [-0.4, -0.2) is 60.9 Å². The zero-order chi connectivity index (χ0) is 26.1. The predicted octanol–water partition coefficient (Wildman–Crippen LogP) is 4.36. The molecule has 0 amide bonds. The summed E-state index contributed by atoms with van der Waals surface area (Å²) < 4.78 is 28.9. The number of carbonyl (C=O) groups is 1. The van der Waals surface area contributed by atoms with E-state index in [-0.39, 0.29) is 18.3 Å². The predicted molar refractivity (Wildman–Crippen MR) is 139 cm³/mol. The smallest absolute Gasteiger partial charge is 0.330 e. The minimum Gasteiger partial charge on any atom is -0.466 e. The summed E-state index contributed by atoms with van der Waals surface area (Å²) in [4.78, 5) is 11.5. The second-order valence-corrected chi connectivity index (χ2v) is 9.92. The van der Waals surface area contributed by atoms with Crippen molar-refractivity contribution in [1.29, 1.82) is 0 Å². The molecule has 1 N–H and O–H groups in total. The van der Waals surface area contributed by atoms with Crippen molar-refractivity contribution in [2.45, 2.75) is 81.9 Å². The number of carbonyl (C=O) groups excluding carboxylic acids is 1. The van der Waals surface area contributed by atoms with E-state index in [1.807, 2.05) is 55.5 Å². The van der Waals surface area contributed by atoms with Gasteiger partial charge < -0.3 is 28.8 Å². The van der Waals surface area contributed by atoms with Gasteiger partial charge in [-0.2, -0.15) is 0 Å². The molecular weight excluding hydrogens is 472 g/mol. The van der Waals surface area contributed by atoms with Gasteiger partial charge in [0.2, 0.25) is 0 Å². The van der Waals surface area contributed by atoms with E-state index in [2.05, 4.69) is 16.9 Å². The number of benzene rings is 2. The van der Waals surface area contributed by atoms with Gasteiger partial charge >= 0.3 is 5.97 Å². The molecule has 0 bridgehead atoms. The lowest BCUT2D eigenvalue weighted by atomic mass is 9.91. The van der Waals surface area contributed by atoms with Crippen LogP contribution in [-0.2, 0) is 41.7 Å². The Morgan fingerprint density at radius 1 is 1.08 bits per heavy atom. The Bertz CT molecular complexity index is 996. The summed E-state index contributed by atoms with van der Waals surface area (Å²) in [6, 6.07) is 20.1. The Hall–Kier alpha value is -2.55. The number of ether oxygens (including phenoxy) is 5. The number of aliphatic hydroxyl groups is 1. The molecule has 0 unspecified atom stereocenters. The van der Waals surface area contributed by atoms with Crippen molar-refractivity contribution in [2.24, 2.45) is 0 Å². The van der Waals surface area contributed by atoms with Gasteiger partial charge in [0.05, 0.1) is 44.7 Å². The van der Waals surface area contributed by atoms with Crippen LogP contribution in [0.5, 0.6) is 0 Å². The van der Waals surface area contributed by atoms with Gasteiger partial charge in [-0.05, 0) is 37.0 Å². The van der Waals surface area contributed by atoms with Crippen LogP contribution in [0.15, 0.2) is 72.8 Å². The van der Waals surface area contributed by atoms with E-state index in [9.17, 15) is 9.90 Å². The Morgan fingerprint density at radius 2 is 1.76 bits per heavy atom. The molecule has 6 atom stereocenters. The van der Waals surface area contributed by atoms with Crippen LogP contribution in [0.2, 0.25) is 0 Å². The first kappa shape index (κ1) is 27.5. The van der Waals surface area contributed by atoms with Crippen LogP contribution < -0.4 is 0 Å². The maximum absolute atomic E-state index is 11.5. The van der Waals surface area contributed by atoms with Gasteiger partial charge in [-0.1, -0.05) is 60.7 Å². The molecule has 4 rings (SSSR count). The third-order valence-corrected chi connectivity index (χ3v) is 7.03. The normalized spacial score (nSPS) is 29.3. The lowest BCUT2D eigenvalue weighted by Crippen LogP contribution is -2.50. The molecule has 2 aliphatic heterocycles. The molecule has 2 heterocycles. The highest BCUT2D eigenvalue weighted by molar-refractivity contribution is 5.82. The molecular formula is C30H38O7. The molecule has 200 valence electrons. The second kappa shape index (κ2) is 13.3. The van der Waals surface area contributed by atoms with Gasteiger partial charge in [-0.3, -0.25) is 0 Å². The van der Waals surface area contributed by atoms with Crippen LogP contribution in [0.1, 0.15) is 43.7 Å². The van der Waals surface area contributed by atoms with E-state index in [0.717, 1.165) is 24.0 Å². The Morgan fingerprint density at radius 3 is 2.43 bits per heavy atom. The Labute approximate surface area is 219 Å². The van der Waals surface area contributed by atoms with E-state index in [0.29, 0.717) is 32.7 Å². The second-order valence-electron chi connectivity index (χ2n) is 9.92. The molecule has 0 aromatic heterocycles. The van der Waals surface area contributed by atoms with Crippen molar-refractivity contribution in [1.82, 2.24) is 0 Å². The van der Waals surface area contributed by atoms with Gasteiger partial charge in [-0.25, -0.2) is 4.79 Å². The monoisotopic (exact) mass is 510 g/mol. The first-order chi connectivity index (χ1) is 18.0. The van der Waals surface area contributed by atoms with Crippen LogP contribution in [0.25, 0.3) is 0 Å². The highest BCUT2D eigenvalue weighted by Gasteiger charge is 2.53. The molecule has 37 heavy (non-hydrogen) atoms. The molecule has 2 aromatic rings. The highest BCUT2D eigenvalue weighted by Crippen LogP contribution is 2.42. The van der Waals surface area contributed by atoms with Crippen LogP contribution in [0.4, 0.5) is 0 Å². The standard InChI is InChI=1S/C30H38O7/c1-30(16-15-28(31)33-2)27(37-30)19-26-29(32)25(35-21-23-12-7-4-8-13-23)18-24(36-26)14-9-17-34-20-22-10-5-3-6-11-22/h3-8,10-13,15-16,24-27,29,32H,9,14,17-21H2,1-2H3/b16-15+/t24-,25+,26-,27+,29+,30+/m1/s1. The summed E-state index contributed by atoms with van der Waals surface area (Å²) in [6.07, 6.45) is 4.13. The largest absolute Gasteiger partial charge is 0.466 e. The van der Waals surface area contributed by atoms with Crippen molar-refractivity contribution in [3.63, 3.8) is 0 Å². The fourth-order valence-electron chi connectivity index (χ4n) is 4.74. The fraction of sp³-hybridized carbons (Fsp3) is 0.500. The maximum Gasteiger partial charge on any atom is 0.330 e.